The molecule has 3 aromatic rings. The van der Waals surface area contributed by atoms with E-state index in [4.69, 9.17) is 10.5 Å². The third-order valence-electron chi connectivity index (χ3n) is 4.65. The number of hydrogen-bond acceptors (Lipinski definition) is 10. The van der Waals surface area contributed by atoms with Crippen molar-refractivity contribution in [3.8, 4) is 0 Å². The van der Waals surface area contributed by atoms with Crippen LogP contribution in [0.5, 0.6) is 0 Å². The average Bonchev–Trinajstić information content (AvgIpc) is 2.80. The first-order valence-corrected chi connectivity index (χ1v) is 10.3. The molecule has 1 aromatic carbocycles. The number of carboxylic acid groups (broad SMARTS) is 1. The number of aromatic amines is 1. The van der Waals surface area contributed by atoms with E-state index in [1.807, 2.05) is 0 Å². The van der Waals surface area contributed by atoms with E-state index in [1.54, 1.807) is 19.1 Å². The van der Waals surface area contributed by atoms with Crippen molar-refractivity contribution in [1.82, 2.24) is 25.3 Å². The van der Waals surface area contributed by atoms with Crippen molar-refractivity contribution in [2.24, 2.45) is 0 Å². The first kappa shape index (κ1) is 24.1. The quantitative estimate of drug-likeness (QED) is 0.258. The Morgan fingerprint density at radius 1 is 1.21 bits per heavy atom. The third-order valence-corrected chi connectivity index (χ3v) is 4.65. The second-order valence-electron chi connectivity index (χ2n) is 7.12. The molecule has 0 saturated carbocycles. The molecule has 6 N–H and O–H groups in total. The van der Waals surface area contributed by atoms with Crippen LogP contribution in [0.15, 0.2) is 35.3 Å². The highest BCUT2D eigenvalue weighted by atomic mass is 16.5. The Labute approximate surface area is 192 Å². The van der Waals surface area contributed by atoms with Crippen molar-refractivity contribution < 1.29 is 24.2 Å². The van der Waals surface area contributed by atoms with Crippen molar-refractivity contribution >= 4 is 40.6 Å². The summed E-state index contributed by atoms with van der Waals surface area (Å²) in [5.74, 6) is -2.41. The van der Waals surface area contributed by atoms with Crippen molar-refractivity contribution in [2.45, 2.75) is 32.4 Å². The molecule has 0 spiro atoms. The number of H-pyrrole nitrogens is 1. The van der Waals surface area contributed by atoms with Crippen LogP contribution in [0, 0.1) is 0 Å². The van der Waals surface area contributed by atoms with Gasteiger partial charge in [0.1, 0.15) is 6.04 Å². The molecule has 0 bridgehead atoms. The molecule has 34 heavy (non-hydrogen) atoms. The van der Waals surface area contributed by atoms with Crippen molar-refractivity contribution in [3.63, 3.8) is 0 Å². The van der Waals surface area contributed by atoms with E-state index < -0.39 is 29.4 Å². The van der Waals surface area contributed by atoms with Gasteiger partial charge in [-0.1, -0.05) is 0 Å². The zero-order valence-electron chi connectivity index (χ0n) is 18.2. The fourth-order valence-corrected chi connectivity index (χ4v) is 2.98. The molecule has 1 atom stereocenters. The van der Waals surface area contributed by atoms with Crippen molar-refractivity contribution in [2.75, 3.05) is 17.7 Å². The lowest BCUT2D eigenvalue weighted by Gasteiger charge is -2.14. The number of nitrogens with zero attached hydrogens (tertiary/aromatic N) is 3. The number of nitrogen functional groups attached to an aromatic ring is 1. The Hall–Kier alpha value is -4.55. The van der Waals surface area contributed by atoms with Gasteiger partial charge < -0.3 is 26.2 Å². The molecule has 0 saturated heterocycles. The number of ether oxygens (including phenoxy) is 1. The molecule has 1 amide bonds. The predicted octanol–water partition coefficient (Wildman–Crippen LogP) is 0.434. The first-order chi connectivity index (χ1) is 16.3. The Kier molecular flexibility index (Phi) is 7.69. The number of carboxylic acids is 1. The van der Waals surface area contributed by atoms with E-state index >= 15 is 0 Å². The number of aliphatic carboxylic acids is 1. The number of fused-ring (bicyclic) bond motifs is 1. The summed E-state index contributed by atoms with van der Waals surface area (Å²) in [6.07, 6.45) is 1.25. The summed E-state index contributed by atoms with van der Waals surface area (Å²) < 4.78 is 4.78. The smallest absolute Gasteiger partial charge is 0.326 e. The molecule has 0 unspecified atom stereocenters. The maximum Gasteiger partial charge on any atom is 0.326 e. The second-order valence-corrected chi connectivity index (χ2v) is 7.12. The monoisotopic (exact) mass is 469 g/mol. The molecular formula is C21H23N7O6. The number of nitrogens with two attached hydrogens (primary N) is 1. The van der Waals surface area contributed by atoms with Gasteiger partial charge in [-0.25, -0.2) is 14.8 Å². The summed E-state index contributed by atoms with van der Waals surface area (Å²) in [7, 11) is 0. The summed E-state index contributed by atoms with van der Waals surface area (Å²) in [4.78, 5) is 61.8. The predicted molar refractivity (Wildman–Crippen MR) is 121 cm³/mol. The van der Waals surface area contributed by atoms with Crippen molar-refractivity contribution in [3.05, 3.63) is 52.1 Å². The van der Waals surface area contributed by atoms with Crippen molar-refractivity contribution in [1.29, 1.82) is 0 Å². The minimum atomic E-state index is -1.25. The van der Waals surface area contributed by atoms with E-state index in [2.05, 4.69) is 30.6 Å². The van der Waals surface area contributed by atoms with E-state index in [1.165, 1.54) is 18.3 Å². The highest BCUT2D eigenvalue weighted by molar-refractivity contribution is 5.97. The second kappa shape index (κ2) is 10.8. The molecular weight excluding hydrogens is 446 g/mol. The Bertz CT molecular complexity index is 1260. The highest BCUT2D eigenvalue weighted by Crippen LogP contribution is 2.12. The van der Waals surface area contributed by atoms with Gasteiger partial charge in [0.15, 0.2) is 11.2 Å². The van der Waals surface area contributed by atoms with Crippen LogP contribution in [0.25, 0.3) is 11.2 Å². The summed E-state index contributed by atoms with van der Waals surface area (Å²) in [6.45, 7) is 2.09. The third kappa shape index (κ3) is 6.25. The summed E-state index contributed by atoms with van der Waals surface area (Å²) in [6, 6.07) is 5.07. The number of aromatic nitrogens is 4. The maximum absolute atomic E-state index is 12.4. The molecule has 3 rings (SSSR count). The van der Waals surface area contributed by atoms with E-state index in [0.717, 1.165) is 0 Å². The fourth-order valence-electron chi connectivity index (χ4n) is 2.98. The molecule has 0 aliphatic heterocycles. The molecule has 0 fully saturated rings. The van der Waals surface area contributed by atoms with Crippen LogP contribution in [0.2, 0.25) is 0 Å². The number of nitrogens with one attached hydrogen (secondary N) is 3. The van der Waals surface area contributed by atoms with Crippen LogP contribution in [-0.2, 0) is 20.9 Å². The van der Waals surface area contributed by atoms with Gasteiger partial charge >= 0.3 is 11.9 Å². The summed E-state index contributed by atoms with van der Waals surface area (Å²) >= 11 is 0. The van der Waals surface area contributed by atoms with E-state index in [0.29, 0.717) is 11.4 Å². The van der Waals surface area contributed by atoms with Gasteiger partial charge in [0.05, 0.1) is 25.0 Å². The normalized spacial score (nSPS) is 11.6. The van der Waals surface area contributed by atoms with Gasteiger partial charge in [0.25, 0.3) is 11.5 Å². The summed E-state index contributed by atoms with van der Waals surface area (Å²) in [5, 5.41) is 14.8. The molecule has 2 heterocycles. The number of hydrogen-bond donors (Lipinski definition) is 5. The van der Waals surface area contributed by atoms with E-state index in [-0.39, 0.29) is 48.7 Å². The van der Waals surface area contributed by atoms with Crippen LogP contribution in [0.3, 0.4) is 0 Å². The van der Waals surface area contributed by atoms with Crippen LogP contribution in [0.1, 0.15) is 35.8 Å². The largest absolute Gasteiger partial charge is 0.480 e. The zero-order valence-corrected chi connectivity index (χ0v) is 18.2. The number of rotatable bonds is 10. The lowest BCUT2D eigenvalue weighted by molar-refractivity contribution is -0.144. The topological polar surface area (TPSA) is 202 Å². The van der Waals surface area contributed by atoms with Gasteiger partial charge in [0, 0.05) is 17.7 Å². The van der Waals surface area contributed by atoms with Gasteiger partial charge in [-0.05, 0) is 37.6 Å². The van der Waals surface area contributed by atoms with Crippen LogP contribution in [-0.4, -0.2) is 55.5 Å². The Morgan fingerprint density at radius 2 is 1.94 bits per heavy atom. The van der Waals surface area contributed by atoms with Gasteiger partial charge in [-0.3, -0.25) is 19.4 Å². The standard InChI is InChI=1S/C21H23N7O6/c1-2-34-15(29)8-7-14(20(32)33)26-18(30)11-3-5-12(6-4-11)23-9-13-10-24-17-16(25-13)19(31)28-21(22)27-17/h3-6,10,14,23H,2,7-9H2,1H3,(H,26,30)(H,32,33)(H3,22,24,27,28,31)/t14-/m0/s1. The molecule has 0 aliphatic rings. The first-order valence-electron chi connectivity index (χ1n) is 10.3. The van der Waals surface area contributed by atoms with E-state index in [9.17, 15) is 24.3 Å². The fraction of sp³-hybridized carbons (Fsp3) is 0.286. The SMILES string of the molecule is CCOC(=O)CC[C@H](NC(=O)c1ccc(NCc2cnc3nc(N)[nH]c(=O)c3n2)cc1)C(=O)O. The maximum atomic E-state index is 12.4. The minimum absolute atomic E-state index is 0.0459. The lowest BCUT2D eigenvalue weighted by atomic mass is 10.1. The molecule has 0 radical (unpaired) electrons. The highest BCUT2D eigenvalue weighted by Gasteiger charge is 2.22. The van der Waals surface area contributed by atoms with Crippen LogP contribution in [0.4, 0.5) is 11.6 Å². The molecule has 2 aromatic heterocycles. The number of benzene rings is 1. The van der Waals surface area contributed by atoms with Crippen LogP contribution < -0.4 is 21.9 Å². The molecule has 0 aliphatic carbocycles. The number of carbonyl (C=O) groups excluding carboxylic acids is 2. The average molecular weight is 469 g/mol. The zero-order chi connectivity index (χ0) is 24.7. The molecule has 13 heteroatoms. The molecule has 13 nitrogen and oxygen atoms in total. The van der Waals surface area contributed by atoms with Gasteiger partial charge in [-0.15, -0.1) is 0 Å². The Morgan fingerprint density at radius 3 is 2.62 bits per heavy atom. The van der Waals surface area contributed by atoms with Gasteiger partial charge in [-0.2, -0.15) is 4.98 Å². The summed E-state index contributed by atoms with van der Waals surface area (Å²) in [5.41, 5.74) is 6.58. The molecule has 178 valence electrons. The lowest BCUT2D eigenvalue weighted by Crippen LogP contribution is -2.41. The Balaban J connectivity index is 1.59. The number of anilines is 2. The van der Waals surface area contributed by atoms with Crippen LogP contribution >= 0.6 is 0 Å². The van der Waals surface area contributed by atoms with Gasteiger partial charge in [0.2, 0.25) is 5.95 Å². The number of amides is 1. The number of esters is 1. The minimum Gasteiger partial charge on any atom is -0.480 e. The number of carbonyl (C=O) groups is 3.